The number of methoxy groups -OCH3 is 1. The van der Waals surface area contributed by atoms with Crippen LogP contribution in [0.25, 0.3) is 22.0 Å². The minimum absolute atomic E-state index is 0.185. The molecule has 0 amide bonds. The Labute approximate surface area is 200 Å². The zero-order valence-electron chi connectivity index (χ0n) is 19.9. The van der Waals surface area contributed by atoms with Gasteiger partial charge in [0.25, 0.3) is 0 Å². The molecule has 1 saturated heterocycles. The quantitative estimate of drug-likeness (QED) is 0.593. The molecule has 178 valence electrons. The molecule has 1 aliphatic heterocycles. The Morgan fingerprint density at radius 3 is 2.44 bits per heavy atom. The fourth-order valence-electron chi connectivity index (χ4n) is 4.41. The molecular weight excluding hydrogens is 452 g/mol. The van der Waals surface area contributed by atoms with Crippen molar-refractivity contribution >= 4 is 32.3 Å². The number of rotatable bonds is 5. The van der Waals surface area contributed by atoms with E-state index < -0.39 is 10.0 Å². The van der Waals surface area contributed by atoms with Gasteiger partial charge in [0.15, 0.2) is 0 Å². The first kappa shape index (κ1) is 23.7. The average molecular weight is 481 g/mol. The Balaban J connectivity index is 1.86. The van der Waals surface area contributed by atoms with Crippen LogP contribution in [0.4, 0.5) is 11.4 Å². The summed E-state index contributed by atoms with van der Waals surface area (Å²) in [5.41, 5.74) is 3.98. The van der Waals surface area contributed by atoms with Gasteiger partial charge in [-0.05, 0) is 44.7 Å². The van der Waals surface area contributed by atoms with Crippen LogP contribution in [0.1, 0.15) is 19.4 Å². The minimum Gasteiger partial charge on any atom is -0.480 e. The Morgan fingerprint density at radius 2 is 1.82 bits per heavy atom. The molecule has 10 heteroatoms. The molecule has 2 aromatic heterocycles. The molecule has 1 fully saturated rings. The van der Waals surface area contributed by atoms with Gasteiger partial charge in [0.1, 0.15) is 11.8 Å². The van der Waals surface area contributed by atoms with Gasteiger partial charge in [0.2, 0.25) is 15.9 Å². The zero-order chi connectivity index (χ0) is 24.6. The fraction of sp³-hybridized carbons (Fsp3) is 0.375. The van der Waals surface area contributed by atoms with Crippen molar-refractivity contribution in [2.45, 2.75) is 25.9 Å². The second kappa shape index (κ2) is 9.08. The van der Waals surface area contributed by atoms with Crippen LogP contribution in [0.3, 0.4) is 0 Å². The summed E-state index contributed by atoms with van der Waals surface area (Å²) in [6, 6.07) is 10.5. The number of likely N-dealkylation sites (N-methyl/N-ethyl adjacent to an activating group) is 1. The summed E-state index contributed by atoms with van der Waals surface area (Å²) in [5.74, 6) is 0.185. The van der Waals surface area contributed by atoms with Crippen LogP contribution in [-0.2, 0) is 10.0 Å². The number of aromatic nitrogens is 2. The van der Waals surface area contributed by atoms with Crippen LogP contribution < -0.4 is 14.4 Å². The van der Waals surface area contributed by atoms with Gasteiger partial charge in [0, 0.05) is 48.5 Å². The first-order valence-electron chi connectivity index (χ1n) is 10.9. The molecule has 2 atom stereocenters. The predicted octanol–water partition coefficient (Wildman–Crippen LogP) is 3.08. The first-order valence-corrected chi connectivity index (χ1v) is 12.8. The number of nitriles is 1. The number of nitrogens with zero attached hydrogens (tertiary/aromatic N) is 5. The second-order valence-corrected chi connectivity index (χ2v) is 10.5. The van der Waals surface area contributed by atoms with Crippen LogP contribution >= 0.6 is 0 Å². The fourth-order valence-corrected chi connectivity index (χ4v) is 4.96. The molecular formula is C24H28N6O3S. The lowest BCUT2D eigenvalue weighted by Gasteiger charge is -2.44. The molecule has 0 bridgehead atoms. The van der Waals surface area contributed by atoms with Gasteiger partial charge in [-0.25, -0.2) is 13.4 Å². The summed E-state index contributed by atoms with van der Waals surface area (Å²) in [7, 11) is 0.0445. The molecule has 4 rings (SSSR count). The van der Waals surface area contributed by atoms with Gasteiger partial charge in [0.05, 0.1) is 30.1 Å². The van der Waals surface area contributed by atoms with Crippen molar-refractivity contribution in [2.24, 2.45) is 0 Å². The van der Waals surface area contributed by atoms with Crippen molar-refractivity contribution in [3.05, 3.63) is 42.2 Å². The number of pyridine rings is 2. The lowest BCUT2D eigenvalue weighted by molar-refractivity contribution is 0.170. The largest absolute Gasteiger partial charge is 0.480 e. The first-order chi connectivity index (χ1) is 16.1. The van der Waals surface area contributed by atoms with E-state index in [-0.39, 0.29) is 11.6 Å². The van der Waals surface area contributed by atoms with Crippen molar-refractivity contribution in [1.29, 1.82) is 5.26 Å². The number of sulfonamides is 1. The molecule has 3 heterocycles. The van der Waals surface area contributed by atoms with E-state index in [1.807, 2.05) is 18.2 Å². The van der Waals surface area contributed by atoms with E-state index in [1.54, 1.807) is 18.5 Å². The summed E-state index contributed by atoms with van der Waals surface area (Å²) < 4.78 is 31.3. The number of fused-ring (bicyclic) bond motifs is 1. The SMILES string of the molecule is COc1ncc(-c2ccc3ncc(C#N)c(N4CC(C)N(C)C(C)C4)c3c2)cc1NS(C)(=O)=O. The van der Waals surface area contributed by atoms with E-state index in [4.69, 9.17) is 4.74 Å². The van der Waals surface area contributed by atoms with E-state index >= 15 is 0 Å². The van der Waals surface area contributed by atoms with Crippen LogP contribution in [0.2, 0.25) is 0 Å². The Kier molecular flexibility index (Phi) is 6.34. The zero-order valence-corrected chi connectivity index (χ0v) is 20.7. The molecule has 0 aliphatic carbocycles. The van der Waals surface area contributed by atoms with Crippen LogP contribution in [0.5, 0.6) is 5.88 Å². The van der Waals surface area contributed by atoms with Gasteiger partial charge in [-0.15, -0.1) is 0 Å². The summed E-state index contributed by atoms with van der Waals surface area (Å²) in [6.07, 6.45) is 4.34. The molecule has 34 heavy (non-hydrogen) atoms. The number of benzene rings is 1. The third-order valence-corrected chi connectivity index (χ3v) is 6.90. The highest BCUT2D eigenvalue weighted by Gasteiger charge is 2.29. The van der Waals surface area contributed by atoms with Gasteiger partial charge < -0.3 is 9.64 Å². The molecule has 3 aromatic rings. The molecule has 2 unspecified atom stereocenters. The van der Waals surface area contributed by atoms with Crippen LogP contribution in [0, 0.1) is 11.3 Å². The van der Waals surface area contributed by atoms with Crippen molar-refractivity contribution in [2.75, 3.05) is 43.1 Å². The number of piperazine rings is 1. The second-order valence-electron chi connectivity index (χ2n) is 8.79. The topological polar surface area (TPSA) is 111 Å². The molecule has 1 N–H and O–H groups in total. The van der Waals surface area contributed by atoms with Gasteiger partial charge >= 0.3 is 0 Å². The number of nitrogens with one attached hydrogen (secondary N) is 1. The highest BCUT2D eigenvalue weighted by atomic mass is 32.2. The van der Waals surface area contributed by atoms with E-state index in [2.05, 4.69) is 51.5 Å². The Morgan fingerprint density at radius 1 is 1.12 bits per heavy atom. The maximum atomic E-state index is 11.8. The molecule has 0 spiro atoms. The van der Waals surface area contributed by atoms with E-state index in [0.717, 1.165) is 41.5 Å². The molecule has 1 aliphatic rings. The van der Waals surface area contributed by atoms with Crippen LogP contribution in [0.15, 0.2) is 36.7 Å². The normalized spacial score (nSPS) is 19.1. The Bertz CT molecular complexity index is 1370. The lowest BCUT2D eigenvalue weighted by atomic mass is 10.00. The summed E-state index contributed by atoms with van der Waals surface area (Å²) >= 11 is 0. The molecule has 0 radical (unpaired) electrons. The standard InChI is InChI=1S/C24H28N6O3S/c1-15-13-30(14-16(2)29(15)3)23-19(10-25)12-26-21-7-6-17(8-20(21)23)18-9-22(28-34(5,31)32)24(33-4)27-11-18/h6-9,11-12,15-16,28H,13-14H2,1-5H3. The van der Waals surface area contributed by atoms with E-state index in [0.29, 0.717) is 23.2 Å². The summed E-state index contributed by atoms with van der Waals surface area (Å²) in [5, 5.41) is 10.7. The average Bonchev–Trinajstić information content (AvgIpc) is 2.80. The third-order valence-electron chi connectivity index (χ3n) is 6.31. The van der Waals surface area contributed by atoms with Gasteiger partial charge in [-0.2, -0.15) is 5.26 Å². The summed E-state index contributed by atoms with van der Waals surface area (Å²) in [6.45, 7) is 5.96. The maximum absolute atomic E-state index is 11.8. The Hall–Kier alpha value is -3.42. The van der Waals surface area contributed by atoms with E-state index in [1.165, 1.54) is 7.11 Å². The lowest BCUT2D eigenvalue weighted by Crippen LogP contribution is -2.55. The monoisotopic (exact) mass is 480 g/mol. The summed E-state index contributed by atoms with van der Waals surface area (Å²) in [4.78, 5) is 13.4. The van der Waals surface area contributed by atoms with Crippen molar-refractivity contribution in [3.63, 3.8) is 0 Å². The number of anilines is 2. The molecule has 9 nitrogen and oxygen atoms in total. The highest BCUT2D eigenvalue weighted by molar-refractivity contribution is 7.92. The van der Waals surface area contributed by atoms with Crippen molar-refractivity contribution in [1.82, 2.24) is 14.9 Å². The number of hydrogen-bond acceptors (Lipinski definition) is 8. The minimum atomic E-state index is -3.52. The molecule has 1 aromatic carbocycles. The van der Waals surface area contributed by atoms with Crippen molar-refractivity contribution < 1.29 is 13.2 Å². The molecule has 0 saturated carbocycles. The van der Waals surface area contributed by atoms with Gasteiger partial charge in [-0.1, -0.05) is 6.07 Å². The number of ether oxygens (including phenoxy) is 1. The highest BCUT2D eigenvalue weighted by Crippen LogP contribution is 2.36. The van der Waals surface area contributed by atoms with Gasteiger partial charge in [-0.3, -0.25) is 14.6 Å². The predicted molar refractivity (Wildman–Crippen MR) is 134 cm³/mol. The third kappa shape index (κ3) is 4.62. The number of hydrogen-bond donors (Lipinski definition) is 1. The smallest absolute Gasteiger partial charge is 0.238 e. The van der Waals surface area contributed by atoms with E-state index in [9.17, 15) is 13.7 Å². The van der Waals surface area contributed by atoms with Crippen LogP contribution in [-0.4, -0.2) is 68.9 Å². The maximum Gasteiger partial charge on any atom is 0.238 e. The van der Waals surface area contributed by atoms with Crippen molar-refractivity contribution in [3.8, 4) is 23.1 Å².